The lowest BCUT2D eigenvalue weighted by Crippen LogP contribution is -2.44. The number of carbonyl (C=O) groups is 3. The van der Waals surface area contributed by atoms with Gasteiger partial charge in [-0.05, 0) is 55.0 Å². The minimum Gasteiger partial charge on any atom is -0.352 e. The van der Waals surface area contributed by atoms with Crippen LogP contribution in [-0.4, -0.2) is 46.8 Å². The molecule has 160 valence electrons. The molecule has 1 fully saturated rings. The predicted octanol–water partition coefficient (Wildman–Crippen LogP) is 3.26. The number of thioether (sulfide) groups is 1. The normalized spacial score (nSPS) is 15.2. The largest absolute Gasteiger partial charge is 0.352 e. The third-order valence-corrected chi connectivity index (χ3v) is 6.01. The van der Waals surface area contributed by atoms with E-state index in [0.717, 1.165) is 0 Å². The number of carbonyl (C=O) groups excluding carboxylic acids is 3. The Balaban J connectivity index is 1.45. The van der Waals surface area contributed by atoms with Crippen molar-refractivity contribution in [3.8, 4) is 6.07 Å². The van der Waals surface area contributed by atoms with Gasteiger partial charge < -0.3 is 15.5 Å². The number of hydrogen-bond acceptors (Lipinski definition) is 5. The maximum absolute atomic E-state index is 12.6. The van der Waals surface area contributed by atoms with E-state index in [-0.39, 0.29) is 24.1 Å². The molecular formula is C22H21ClN4O3S. The van der Waals surface area contributed by atoms with Gasteiger partial charge in [0.05, 0.1) is 17.5 Å². The van der Waals surface area contributed by atoms with Crippen LogP contribution >= 0.6 is 23.4 Å². The first-order valence-corrected chi connectivity index (χ1v) is 11.2. The Morgan fingerprint density at radius 3 is 2.52 bits per heavy atom. The maximum atomic E-state index is 12.6. The molecule has 0 radical (unpaired) electrons. The first-order valence-electron chi connectivity index (χ1n) is 9.70. The summed E-state index contributed by atoms with van der Waals surface area (Å²) in [6.07, 6.45) is 0.714. The van der Waals surface area contributed by atoms with E-state index in [4.69, 9.17) is 16.9 Å². The van der Waals surface area contributed by atoms with Crippen LogP contribution in [0.15, 0.2) is 48.5 Å². The summed E-state index contributed by atoms with van der Waals surface area (Å²) in [5.74, 6) is 0.396. The average Bonchev–Trinajstić information content (AvgIpc) is 3.28. The van der Waals surface area contributed by atoms with Crippen molar-refractivity contribution in [2.24, 2.45) is 0 Å². The average molecular weight is 457 g/mol. The van der Waals surface area contributed by atoms with Crippen LogP contribution in [0.4, 0.5) is 5.69 Å². The molecule has 2 N–H and O–H groups in total. The van der Waals surface area contributed by atoms with Crippen molar-refractivity contribution in [1.82, 2.24) is 10.2 Å². The summed E-state index contributed by atoms with van der Waals surface area (Å²) >= 11 is 7.34. The molecule has 0 bridgehead atoms. The number of rotatable bonds is 7. The highest BCUT2D eigenvalue weighted by Crippen LogP contribution is 2.23. The summed E-state index contributed by atoms with van der Waals surface area (Å²) < 4.78 is 0. The molecule has 2 aromatic carbocycles. The number of nitriles is 1. The van der Waals surface area contributed by atoms with Gasteiger partial charge >= 0.3 is 0 Å². The molecule has 7 nitrogen and oxygen atoms in total. The lowest BCUT2D eigenvalue weighted by atomic mass is 10.2. The maximum Gasteiger partial charge on any atom is 0.251 e. The Bertz CT molecular complexity index is 989. The molecule has 31 heavy (non-hydrogen) atoms. The molecule has 9 heteroatoms. The highest BCUT2D eigenvalue weighted by atomic mass is 35.5. The Hall–Kier alpha value is -3.02. The molecular weight excluding hydrogens is 436 g/mol. The van der Waals surface area contributed by atoms with Gasteiger partial charge in [0.15, 0.2) is 0 Å². The molecule has 1 saturated heterocycles. The van der Waals surface area contributed by atoms with Crippen LogP contribution in [0.25, 0.3) is 0 Å². The van der Waals surface area contributed by atoms with E-state index in [2.05, 4.69) is 10.6 Å². The highest BCUT2D eigenvalue weighted by molar-refractivity contribution is 7.99. The van der Waals surface area contributed by atoms with Crippen LogP contribution in [0.5, 0.6) is 0 Å². The number of amides is 3. The van der Waals surface area contributed by atoms with Crippen molar-refractivity contribution in [2.45, 2.75) is 18.9 Å². The van der Waals surface area contributed by atoms with Crippen molar-refractivity contribution in [3.05, 3.63) is 64.7 Å². The van der Waals surface area contributed by atoms with E-state index in [1.807, 2.05) is 6.07 Å². The van der Waals surface area contributed by atoms with E-state index in [9.17, 15) is 14.4 Å². The molecule has 1 aliphatic rings. The Morgan fingerprint density at radius 1 is 1.13 bits per heavy atom. The fourth-order valence-electron chi connectivity index (χ4n) is 3.05. The molecule has 0 aromatic heterocycles. The molecule has 0 saturated carbocycles. The molecule has 1 unspecified atom stereocenters. The number of benzene rings is 2. The van der Waals surface area contributed by atoms with E-state index < -0.39 is 6.04 Å². The standard InChI is InChI=1S/C22H21ClN4O3S/c23-17-7-5-16(6-8-17)21(29)25-11-1-2-20(28)27-14-31-13-19(27)22(30)26-18-9-3-15(12-24)4-10-18/h3-10,19H,1-2,11,13-14H2,(H,25,29)(H,26,30). The van der Waals surface area contributed by atoms with Crippen LogP contribution in [0.1, 0.15) is 28.8 Å². The second-order valence-electron chi connectivity index (χ2n) is 6.92. The summed E-state index contributed by atoms with van der Waals surface area (Å²) in [6, 6.07) is 14.6. The monoisotopic (exact) mass is 456 g/mol. The van der Waals surface area contributed by atoms with Gasteiger partial charge in [-0.1, -0.05) is 11.6 Å². The number of nitrogens with one attached hydrogen (secondary N) is 2. The molecule has 1 atom stereocenters. The summed E-state index contributed by atoms with van der Waals surface area (Å²) in [7, 11) is 0. The molecule has 1 aliphatic heterocycles. The van der Waals surface area contributed by atoms with E-state index in [1.54, 1.807) is 53.4 Å². The Kier molecular flexibility index (Phi) is 7.93. The summed E-state index contributed by atoms with van der Waals surface area (Å²) in [5.41, 5.74) is 1.60. The van der Waals surface area contributed by atoms with E-state index in [1.165, 1.54) is 11.8 Å². The predicted molar refractivity (Wildman–Crippen MR) is 121 cm³/mol. The smallest absolute Gasteiger partial charge is 0.251 e. The minimum atomic E-state index is -0.545. The number of hydrogen-bond donors (Lipinski definition) is 2. The van der Waals surface area contributed by atoms with Crippen LogP contribution in [0.3, 0.4) is 0 Å². The van der Waals surface area contributed by atoms with Crippen molar-refractivity contribution in [1.29, 1.82) is 5.26 Å². The summed E-state index contributed by atoms with van der Waals surface area (Å²) in [6.45, 7) is 0.357. The molecule has 2 aromatic rings. The zero-order valence-corrected chi connectivity index (χ0v) is 18.2. The third kappa shape index (κ3) is 6.23. The zero-order chi connectivity index (χ0) is 22.2. The first-order chi connectivity index (χ1) is 15.0. The van der Waals surface area contributed by atoms with Crippen LogP contribution in [0, 0.1) is 11.3 Å². The molecule has 0 spiro atoms. The summed E-state index contributed by atoms with van der Waals surface area (Å²) in [5, 5.41) is 15.0. The molecule has 3 rings (SSSR count). The lowest BCUT2D eigenvalue weighted by Gasteiger charge is -2.23. The zero-order valence-electron chi connectivity index (χ0n) is 16.6. The Labute approximate surface area is 189 Å². The minimum absolute atomic E-state index is 0.120. The fraction of sp³-hybridized carbons (Fsp3) is 0.273. The van der Waals surface area contributed by atoms with Gasteiger partial charge in [-0.3, -0.25) is 14.4 Å². The van der Waals surface area contributed by atoms with Crippen LogP contribution < -0.4 is 10.6 Å². The Morgan fingerprint density at radius 2 is 1.84 bits per heavy atom. The van der Waals surface area contributed by atoms with Gasteiger partial charge in [-0.2, -0.15) is 5.26 Å². The SMILES string of the molecule is N#Cc1ccc(NC(=O)C2CSCN2C(=O)CCCNC(=O)c2ccc(Cl)cc2)cc1. The van der Waals surface area contributed by atoms with Crippen molar-refractivity contribution < 1.29 is 14.4 Å². The summed E-state index contributed by atoms with van der Waals surface area (Å²) in [4.78, 5) is 38.9. The molecule has 0 aliphatic carbocycles. The molecule has 3 amide bonds. The van der Waals surface area contributed by atoms with Gasteiger partial charge in [-0.15, -0.1) is 11.8 Å². The van der Waals surface area contributed by atoms with Crippen LogP contribution in [0.2, 0.25) is 5.02 Å². The van der Waals surface area contributed by atoms with Gasteiger partial charge in [0.2, 0.25) is 11.8 Å². The number of nitrogens with zero attached hydrogens (tertiary/aromatic N) is 2. The lowest BCUT2D eigenvalue weighted by molar-refractivity contribution is -0.136. The van der Waals surface area contributed by atoms with Gasteiger partial charge in [0.25, 0.3) is 5.91 Å². The van der Waals surface area contributed by atoms with Gasteiger partial charge in [0.1, 0.15) is 6.04 Å². The van der Waals surface area contributed by atoms with E-state index in [0.29, 0.717) is 46.4 Å². The van der Waals surface area contributed by atoms with E-state index >= 15 is 0 Å². The van der Waals surface area contributed by atoms with Crippen LogP contribution in [-0.2, 0) is 9.59 Å². The number of halogens is 1. The van der Waals surface area contributed by atoms with Gasteiger partial charge in [-0.25, -0.2) is 0 Å². The molecule has 1 heterocycles. The second-order valence-corrected chi connectivity index (χ2v) is 8.36. The fourth-order valence-corrected chi connectivity index (χ4v) is 4.35. The highest BCUT2D eigenvalue weighted by Gasteiger charge is 2.34. The topological polar surface area (TPSA) is 102 Å². The van der Waals surface area contributed by atoms with Gasteiger partial charge in [0, 0.05) is 35.0 Å². The number of anilines is 1. The first kappa shape index (κ1) is 22.7. The second kappa shape index (κ2) is 10.8. The quantitative estimate of drug-likeness (QED) is 0.622. The van der Waals surface area contributed by atoms with Crippen molar-refractivity contribution in [3.63, 3.8) is 0 Å². The van der Waals surface area contributed by atoms with Crippen molar-refractivity contribution >= 4 is 46.8 Å². The third-order valence-electron chi connectivity index (χ3n) is 4.75. The van der Waals surface area contributed by atoms with Crippen molar-refractivity contribution in [2.75, 3.05) is 23.5 Å².